The third-order valence-electron chi connectivity index (χ3n) is 5.80. The first-order valence-corrected chi connectivity index (χ1v) is 11.0. The summed E-state index contributed by atoms with van der Waals surface area (Å²) in [7, 11) is 2.12. The van der Waals surface area contributed by atoms with E-state index in [1.807, 2.05) is 47.9 Å². The number of rotatable bonds is 3. The molecule has 1 aromatic rings. The topological polar surface area (TPSA) is 47.1 Å². The highest BCUT2D eigenvalue weighted by molar-refractivity contribution is 6.06. The largest absolute Gasteiger partial charge is 0.365 e. The average molecular weight is 399 g/mol. The molecule has 0 saturated carbocycles. The van der Waals surface area contributed by atoms with Gasteiger partial charge in [0.1, 0.15) is 0 Å². The predicted molar refractivity (Wildman–Crippen MR) is 118 cm³/mol. The van der Waals surface area contributed by atoms with Crippen molar-refractivity contribution in [2.45, 2.75) is 39.5 Å². The molecule has 2 amide bonds. The van der Waals surface area contributed by atoms with E-state index in [1.165, 1.54) is 0 Å². The minimum Gasteiger partial charge on any atom is -0.365 e. The van der Waals surface area contributed by atoms with Crippen LogP contribution in [0.5, 0.6) is 0 Å². The molecule has 29 heavy (non-hydrogen) atoms. The van der Waals surface area contributed by atoms with Gasteiger partial charge in [0, 0.05) is 57.1 Å². The Kier molecular flexibility index (Phi) is 7.31. The lowest BCUT2D eigenvalue weighted by molar-refractivity contribution is -0.119. The van der Waals surface area contributed by atoms with Crippen LogP contribution in [0, 0.1) is 0 Å². The fourth-order valence-corrected chi connectivity index (χ4v) is 4.11. The molecule has 158 valence electrons. The molecule has 2 saturated heterocycles. The molecule has 0 unspecified atom stereocenters. The van der Waals surface area contributed by atoms with Gasteiger partial charge in [0.15, 0.2) is 0 Å². The monoisotopic (exact) mass is 398 g/mol. The second-order valence-electron chi connectivity index (χ2n) is 7.64. The lowest BCUT2D eigenvalue weighted by atomic mass is 10.1. The van der Waals surface area contributed by atoms with Gasteiger partial charge in [-0.15, -0.1) is 0 Å². The maximum Gasteiger partial charge on any atom is 0.274 e. The minimum absolute atomic E-state index is 0.0904. The van der Waals surface area contributed by atoms with E-state index in [4.69, 9.17) is 0 Å². The Labute approximate surface area is 174 Å². The summed E-state index contributed by atoms with van der Waals surface area (Å²) < 4.78 is 0. The van der Waals surface area contributed by atoms with E-state index in [-0.39, 0.29) is 11.8 Å². The lowest BCUT2D eigenvalue weighted by Gasteiger charge is -2.38. The van der Waals surface area contributed by atoms with Crippen molar-refractivity contribution >= 4 is 23.2 Å². The zero-order chi connectivity index (χ0) is 20.8. The van der Waals surface area contributed by atoms with Crippen LogP contribution >= 0.6 is 0 Å². The SMILES string of the molecule is CC.CN1CCN(C2=CCCN(c3ccc(N4CCCCC4=O)cc3)C2=O)CC1. The van der Waals surface area contributed by atoms with E-state index in [0.29, 0.717) is 13.0 Å². The molecular formula is C23H34N4O2. The number of piperidine rings is 1. The molecule has 3 aliphatic rings. The summed E-state index contributed by atoms with van der Waals surface area (Å²) in [6.45, 7) is 9.28. The summed E-state index contributed by atoms with van der Waals surface area (Å²) in [4.78, 5) is 33.4. The van der Waals surface area contributed by atoms with E-state index in [0.717, 1.165) is 69.1 Å². The van der Waals surface area contributed by atoms with Crippen LogP contribution in [-0.2, 0) is 9.59 Å². The number of nitrogens with zero attached hydrogens (tertiary/aromatic N) is 4. The number of carbonyl (C=O) groups excluding carboxylic acids is 2. The van der Waals surface area contributed by atoms with Crippen LogP contribution in [0.25, 0.3) is 0 Å². The molecule has 0 bridgehead atoms. The Morgan fingerprint density at radius 3 is 2.00 bits per heavy atom. The van der Waals surface area contributed by atoms with Crippen molar-refractivity contribution in [1.82, 2.24) is 9.80 Å². The number of anilines is 2. The van der Waals surface area contributed by atoms with Gasteiger partial charge in [-0.3, -0.25) is 9.59 Å². The Morgan fingerprint density at radius 2 is 1.38 bits per heavy atom. The summed E-state index contributed by atoms with van der Waals surface area (Å²) in [5.74, 6) is 0.288. The average Bonchev–Trinajstić information content (AvgIpc) is 2.77. The molecule has 4 rings (SSSR count). The first kappa shape index (κ1) is 21.4. The van der Waals surface area contributed by atoms with Gasteiger partial charge in [-0.1, -0.05) is 19.9 Å². The van der Waals surface area contributed by atoms with Crippen molar-refractivity contribution in [3.63, 3.8) is 0 Å². The number of amides is 2. The zero-order valence-corrected chi connectivity index (χ0v) is 18.1. The summed E-state index contributed by atoms with van der Waals surface area (Å²) in [6, 6.07) is 7.89. The Bertz CT molecular complexity index is 736. The number of carbonyl (C=O) groups is 2. The Morgan fingerprint density at radius 1 is 0.759 bits per heavy atom. The van der Waals surface area contributed by atoms with Crippen LogP contribution in [-0.4, -0.2) is 67.9 Å². The normalized spacial score (nSPS) is 20.9. The number of piperazine rings is 1. The van der Waals surface area contributed by atoms with Gasteiger partial charge in [0.2, 0.25) is 5.91 Å². The van der Waals surface area contributed by atoms with Crippen molar-refractivity contribution in [3.05, 3.63) is 36.0 Å². The van der Waals surface area contributed by atoms with E-state index in [1.54, 1.807) is 0 Å². The van der Waals surface area contributed by atoms with Gasteiger partial charge >= 0.3 is 0 Å². The molecule has 0 aliphatic carbocycles. The minimum atomic E-state index is 0.0904. The smallest absolute Gasteiger partial charge is 0.274 e. The summed E-state index contributed by atoms with van der Waals surface area (Å²) in [5.41, 5.74) is 2.68. The number of benzene rings is 1. The van der Waals surface area contributed by atoms with Crippen LogP contribution in [0.1, 0.15) is 39.5 Å². The molecule has 0 radical (unpaired) electrons. The molecule has 3 heterocycles. The van der Waals surface area contributed by atoms with Crippen LogP contribution < -0.4 is 9.80 Å². The second-order valence-corrected chi connectivity index (χ2v) is 7.64. The Balaban J connectivity index is 0.00000117. The van der Waals surface area contributed by atoms with Crippen molar-refractivity contribution in [2.24, 2.45) is 0 Å². The van der Waals surface area contributed by atoms with Crippen LogP contribution in [0.15, 0.2) is 36.0 Å². The van der Waals surface area contributed by atoms with E-state index in [2.05, 4.69) is 22.9 Å². The second kappa shape index (κ2) is 9.92. The molecular weight excluding hydrogens is 364 g/mol. The molecule has 3 aliphatic heterocycles. The number of hydrogen-bond acceptors (Lipinski definition) is 4. The van der Waals surface area contributed by atoms with Crippen LogP contribution in [0.3, 0.4) is 0 Å². The molecule has 0 aromatic heterocycles. The fourth-order valence-electron chi connectivity index (χ4n) is 4.11. The third-order valence-corrected chi connectivity index (χ3v) is 5.80. The fraction of sp³-hybridized carbons (Fsp3) is 0.565. The van der Waals surface area contributed by atoms with Gasteiger partial charge in [-0.2, -0.15) is 0 Å². The van der Waals surface area contributed by atoms with Crippen molar-refractivity contribution in [2.75, 3.05) is 56.1 Å². The molecule has 1 aromatic carbocycles. The quantitative estimate of drug-likeness (QED) is 0.785. The molecule has 0 N–H and O–H groups in total. The lowest BCUT2D eigenvalue weighted by Crippen LogP contribution is -2.49. The molecule has 2 fully saturated rings. The van der Waals surface area contributed by atoms with Crippen LogP contribution in [0.2, 0.25) is 0 Å². The number of hydrogen-bond donors (Lipinski definition) is 0. The van der Waals surface area contributed by atoms with Gasteiger partial charge < -0.3 is 19.6 Å². The molecule has 0 spiro atoms. The van der Waals surface area contributed by atoms with E-state index < -0.39 is 0 Å². The van der Waals surface area contributed by atoms with Gasteiger partial charge in [0.05, 0.1) is 5.70 Å². The van der Waals surface area contributed by atoms with Gasteiger partial charge in [-0.05, 0) is 50.6 Å². The van der Waals surface area contributed by atoms with Crippen molar-refractivity contribution < 1.29 is 9.59 Å². The van der Waals surface area contributed by atoms with Crippen molar-refractivity contribution in [1.29, 1.82) is 0 Å². The highest BCUT2D eigenvalue weighted by Crippen LogP contribution is 2.27. The third kappa shape index (κ3) is 4.81. The number of likely N-dealkylation sites (N-methyl/N-ethyl adjacent to an activating group) is 1. The van der Waals surface area contributed by atoms with E-state index in [9.17, 15) is 9.59 Å². The van der Waals surface area contributed by atoms with Gasteiger partial charge in [0.25, 0.3) is 5.91 Å². The summed E-state index contributed by atoms with van der Waals surface area (Å²) >= 11 is 0. The Hall–Kier alpha value is -2.34. The molecule has 6 nitrogen and oxygen atoms in total. The van der Waals surface area contributed by atoms with Gasteiger partial charge in [-0.25, -0.2) is 0 Å². The molecule has 0 atom stereocenters. The summed E-state index contributed by atoms with van der Waals surface area (Å²) in [5, 5.41) is 0. The highest BCUT2D eigenvalue weighted by Gasteiger charge is 2.29. The summed E-state index contributed by atoms with van der Waals surface area (Å²) in [6.07, 6.45) is 5.63. The first-order valence-electron chi connectivity index (χ1n) is 11.0. The first-order chi connectivity index (χ1) is 14.1. The maximum absolute atomic E-state index is 13.1. The van der Waals surface area contributed by atoms with Crippen molar-refractivity contribution in [3.8, 4) is 0 Å². The predicted octanol–water partition coefficient (Wildman–Crippen LogP) is 3.10. The molecule has 6 heteroatoms. The maximum atomic E-state index is 13.1. The zero-order valence-electron chi connectivity index (χ0n) is 18.1. The highest BCUT2D eigenvalue weighted by atomic mass is 16.2. The van der Waals surface area contributed by atoms with Crippen LogP contribution in [0.4, 0.5) is 11.4 Å². The standard InChI is InChI=1S/C21H28N4O2.C2H6/c1-22-13-15-23(16-14-22)19-5-4-12-25(21(19)27)18-9-7-17(8-10-18)24-11-3-2-6-20(24)26;1-2/h5,7-10H,2-4,6,11-16H2,1H3;1-2H3. The van der Waals surface area contributed by atoms with E-state index >= 15 is 0 Å².